The van der Waals surface area contributed by atoms with Crippen LogP contribution in [0.2, 0.25) is 0 Å². The second kappa shape index (κ2) is 5.46. The molecule has 1 aromatic rings. The highest BCUT2D eigenvalue weighted by atomic mass is 127. The van der Waals surface area contributed by atoms with Gasteiger partial charge in [0.05, 0.1) is 6.04 Å². The molecule has 1 atom stereocenters. The zero-order chi connectivity index (χ0) is 11.4. The summed E-state index contributed by atoms with van der Waals surface area (Å²) in [5.74, 6) is -0.123. The summed E-state index contributed by atoms with van der Waals surface area (Å²) in [6.45, 7) is 3.86. The SMILES string of the molecule is CCC(N)C(=O)Nc1ccc(I)cc1C. The van der Waals surface area contributed by atoms with Crippen molar-refractivity contribution in [2.75, 3.05) is 5.32 Å². The third kappa shape index (κ3) is 3.46. The summed E-state index contributed by atoms with van der Waals surface area (Å²) in [7, 11) is 0. The number of anilines is 1. The van der Waals surface area contributed by atoms with Gasteiger partial charge >= 0.3 is 0 Å². The standard InChI is InChI=1S/C11H15IN2O/c1-3-9(13)11(15)14-10-5-4-8(12)6-7(10)2/h4-6,9H,3,13H2,1-2H3,(H,14,15). The molecule has 82 valence electrons. The molecule has 4 heteroatoms. The fourth-order valence-corrected chi connectivity index (χ4v) is 1.83. The topological polar surface area (TPSA) is 55.1 Å². The molecular formula is C11H15IN2O. The van der Waals surface area contributed by atoms with E-state index in [2.05, 4.69) is 27.9 Å². The van der Waals surface area contributed by atoms with Gasteiger partial charge in [-0.1, -0.05) is 6.92 Å². The summed E-state index contributed by atoms with van der Waals surface area (Å²) in [4.78, 5) is 11.5. The van der Waals surface area contributed by atoms with Gasteiger partial charge in [0.2, 0.25) is 5.91 Å². The van der Waals surface area contributed by atoms with E-state index < -0.39 is 6.04 Å². The molecule has 0 bridgehead atoms. The van der Waals surface area contributed by atoms with E-state index in [4.69, 9.17) is 5.73 Å². The molecule has 0 radical (unpaired) electrons. The van der Waals surface area contributed by atoms with Crippen molar-refractivity contribution in [1.82, 2.24) is 0 Å². The largest absolute Gasteiger partial charge is 0.324 e. The number of carbonyl (C=O) groups excluding carboxylic acids is 1. The molecule has 1 aromatic carbocycles. The van der Waals surface area contributed by atoms with Gasteiger partial charge in [0.25, 0.3) is 0 Å². The number of carbonyl (C=O) groups is 1. The maximum Gasteiger partial charge on any atom is 0.241 e. The van der Waals surface area contributed by atoms with Gasteiger partial charge in [-0.05, 0) is 59.7 Å². The highest BCUT2D eigenvalue weighted by Gasteiger charge is 2.11. The molecule has 1 rings (SSSR count). The molecule has 0 aliphatic heterocycles. The van der Waals surface area contributed by atoms with E-state index in [1.807, 2.05) is 32.0 Å². The highest BCUT2D eigenvalue weighted by Crippen LogP contribution is 2.17. The van der Waals surface area contributed by atoms with E-state index in [-0.39, 0.29) is 5.91 Å². The van der Waals surface area contributed by atoms with Crippen LogP contribution in [-0.4, -0.2) is 11.9 Å². The number of rotatable bonds is 3. The maximum atomic E-state index is 11.5. The molecule has 0 spiro atoms. The summed E-state index contributed by atoms with van der Waals surface area (Å²) in [5, 5.41) is 2.82. The van der Waals surface area contributed by atoms with Gasteiger partial charge in [-0.15, -0.1) is 0 Å². The summed E-state index contributed by atoms with van der Waals surface area (Å²) in [6.07, 6.45) is 0.648. The first kappa shape index (κ1) is 12.4. The van der Waals surface area contributed by atoms with Crippen LogP contribution in [0.4, 0.5) is 5.69 Å². The number of hydrogen-bond acceptors (Lipinski definition) is 2. The van der Waals surface area contributed by atoms with Crippen LogP contribution in [0.1, 0.15) is 18.9 Å². The van der Waals surface area contributed by atoms with Crippen LogP contribution in [0.25, 0.3) is 0 Å². The average molecular weight is 318 g/mol. The van der Waals surface area contributed by atoms with Crippen LogP contribution in [0, 0.1) is 10.5 Å². The van der Waals surface area contributed by atoms with Gasteiger partial charge in [-0.2, -0.15) is 0 Å². The minimum atomic E-state index is -0.427. The molecule has 0 saturated carbocycles. The monoisotopic (exact) mass is 318 g/mol. The van der Waals surface area contributed by atoms with E-state index in [1.54, 1.807) is 0 Å². The summed E-state index contributed by atoms with van der Waals surface area (Å²) in [6, 6.07) is 5.45. The van der Waals surface area contributed by atoms with E-state index in [1.165, 1.54) is 0 Å². The summed E-state index contributed by atoms with van der Waals surface area (Å²) in [5.41, 5.74) is 7.52. The minimum Gasteiger partial charge on any atom is -0.324 e. The Morgan fingerprint density at radius 2 is 2.27 bits per heavy atom. The first-order valence-electron chi connectivity index (χ1n) is 4.87. The average Bonchev–Trinajstić information content (AvgIpc) is 2.20. The number of halogens is 1. The summed E-state index contributed by atoms with van der Waals surface area (Å²) >= 11 is 2.24. The second-order valence-electron chi connectivity index (χ2n) is 3.46. The van der Waals surface area contributed by atoms with Crippen LogP contribution in [0.3, 0.4) is 0 Å². The molecule has 3 nitrogen and oxygen atoms in total. The van der Waals surface area contributed by atoms with E-state index in [0.717, 1.165) is 14.8 Å². The zero-order valence-electron chi connectivity index (χ0n) is 8.88. The fourth-order valence-electron chi connectivity index (χ4n) is 1.18. The molecular weight excluding hydrogens is 303 g/mol. The lowest BCUT2D eigenvalue weighted by atomic mass is 10.2. The van der Waals surface area contributed by atoms with Crippen molar-refractivity contribution in [2.45, 2.75) is 26.3 Å². The first-order valence-corrected chi connectivity index (χ1v) is 5.95. The van der Waals surface area contributed by atoms with Crippen LogP contribution in [0.5, 0.6) is 0 Å². The number of nitrogens with one attached hydrogen (secondary N) is 1. The number of hydrogen-bond donors (Lipinski definition) is 2. The van der Waals surface area contributed by atoms with Crippen LogP contribution in [0.15, 0.2) is 18.2 Å². The van der Waals surface area contributed by atoms with Gasteiger partial charge in [0, 0.05) is 9.26 Å². The Kier molecular flexibility index (Phi) is 4.53. The van der Waals surface area contributed by atoms with Crippen molar-refractivity contribution in [1.29, 1.82) is 0 Å². The highest BCUT2D eigenvalue weighted by molar-refractivity contribution is 14.1. The fraction of sp³-hybridized carbons (Fsp3) is 0.364. The van der Waals surface area contributed by atoms with Crippen LogP contribution in [-0.2, 0) is 4.79 Å². The third-order valence-electron chi connectivity index (χ3n) is 2.22. The van der Waals surface area contributed by atoms with Crippen molar-refractivity contribution < 1.29 is 4.79 Å². The van der Waals surface area contributed by atoms with Gasteiger partial charge in [-0.3, -0.25) is 4.79 Å². The predicted octanol–water partition coefficient (Wildman–Crippen LogP) is 2.28. The molecule has 0 fully saturated rings. The molecule has 0 saturated heterocycles. The van der Waals surface area contributed by atoms with Gasteiger partial charge < -0.3 is 11.1 Å². The smallest absolute Gasteiger partial charge is 0.241 e. The lowest BCUT2D eigenvalue weighted by Gasteiger charge is -2.12. The quantitative estimate of drug-likeness (QED) is 0.840. The molecule has 1 unspecified atom stereocenters. The molecule has 0 aliphatic carbocycles. The number of aryl methyl sites for hydroxylation is 1. The molecule has 3 N–H and O–H groups in total. The summed E-state index contributed by atoms with van der Waals surface area (Å²) < 4.78 is 1.16. The maximum absolute atomic E-state index is 11.5. The Bertz CT molecular complexity index is 366. The van der Waals surface area contributed by atoms with Gasteiger partial charge in [0.1, 0.15) is 0 Å². The van der Waals surface area contributed by atoms with E-state index in [0.29, 0.717) is 6.42 Å². The molecule has 1 amide bonds. The van der Waals surface area contributed by atoms with Crippen molar-refractivity contribution in [3.63, 3.8) is 0 Å². The number of amides is 1. The van der Waals surface area contributed by atoms with E-state index >= 15 is 0 Å². The Labute approximate surface area is 104 Å². The Balaban J connectivity index is 2.77. The molecule has 0 aliphatic rings. The number of benzene rings is 1. The van der Waals surface area contributed by atoms with Crippen molar-refractivity contribution >= 4 is 34.2 Å². The van der Waals surface area contributed by atoms with Crippen molar-refractivity contribution in [2.24, 2.45) is 5.73 Å². The third-order valence-corrected chi connectivity index (χ3v) is 2.89. The van der Waals surface area contributed by atoms with Crippen molar-refractivity contribution in [3.8, 4) is 0 Å². The van der Waals surface area contributed by atoms with Crippen molar-refractivity contribution in [3.05, 3.63) is 27.3 Å². The Morgan fingerprint density at radius 1 is 1.60 bits per heavy atom. The van der Waals surface area contributed by atoms with Gasteiger partial charge in [0.15, 0.2) is 0 Å². The van der Waals surface area contributed by atoms with Crippen LogP contribution >= 0.6 is 22.6 Å². The Hall–Kier alpha value is -0.620. The molecule has 0 aromatic heterocycles. The lowest BCUT2D eigenvalue weighted by molar-refractivity contribution is -0.117. The first-order chi connectivity index (χ1) is 7.04. The molecule has 0 heterocycles. The Morgan fingerprint density at radius 3 is 2.80 bits per heavy atom. The lowest BCUT2D eigenvalue weighted by Crippen LogP contribution is -2.34. The normalized spacial score (nSPS) is 12.3. The van der Waals surface area contributed by atoms with E-state index in [9.17, 15) is 4.79 Å². The predicted molar refractivity (Wildman–Crippen MR) is 70.8 cm³/mol. The zero-order valence-corrected chi connectivity index (χ0v) is 11.0. The second-order valence-corrected chi connectivity index (χ2v) is 4.71. The number of nitrogens with two attached hydrogens (primary N) is 1. The van der Waals surface area contributed by atoms with Crippen LogP contribution < -0.4 is 11.1 Å². The van der Waals surface area contributed by atoms with Gasteiger partial charge in [-0.25, -0.2) is 0 Å². The molecule has 15 heavy (non-hydrogen) atoms. The minimum absolute atomic E-state index is 0.123.